The number of benzene rings is 2. The van der Waals surface area contributed by atoms with Crippen molar-refractivity contribution in [2.45, 2.75) is 64.0 Å². The Morgan fingerprint density at radius 2 is 1.84 bits per heavy atom. The molecule has 1 aromatic heterocycles. The monoisotopic (exact) mass is 603 g/mol. The largest absolute Gasteiger partial charge is 0.342 e. The van der Waals surface area contributed by atoms with E-state index < -0.39 is 11.9 Å². The minimum Gasteiger partial charge on any atom is -0.342 e. The number of nitrogens with zero attached hydrogens (tertiary/aromatic N) is 4. The zero-order valence-electron chi connectivity index (χ0n) is 25.7. The quantitative estimate of drug-likeness (QED) is 0.446. The number of nitrogens with one attached hydrogen (secondary N) is 1. The van der Waals surface area contributed by atoms with E-state index in [-0.39, 0.29) is 29.2 Å². The maximum Gasteiger partial charge on any atom is 0.259 e. The van der Waals surface area contributed by atoms with E-state index in [9.17, 15) is 19.2 Å². The van der Waals surface area contributed by atoms with Gasteiger partial charge in [-0.25, -0.2) is 0 Å². The Labute approximate surface area is 261 Å². The maximum atomic E-state index is 13.8. The van der Waals surface area contributed by atoms with Gasteiger partial charge in [0.2, 0.25) is 17.7 Å². The van der Waals surface area contributed by atoms with Crippen LogP contribution < -0.4 is 10.2 Å². The summed E-state index contributed by atoms with van der Waals surface area (Å²) < 4.78 is 2.11. The zero-order valence-corrected chi connectivity index (χ0v) is 25.7. The number of rotatable bonds is 5. The Bertz CT molecular complexity index is 1860. The zero-order chi connectivity index (χ0) is 30.6. The first-order chi connectivity index (χ1) is 21.7. The van der Waals surface area contributed by atoms with E-state index >= 15 is 0 Å². The summed E-state index contributed by atoms with van der Waals surface area (Å²) in [5, 5.41) is 9.08. The van der Waals surface area contributed by atoms with Crippen LogP contribution in [0.4, 0.5) is 5.69 Å². The van der Waals surface area contributed by atoms with Crippen molar-refractivity contribution in [2.24, 2.45) is 40.9 Å². The van der Waals surface area contributed by atoms with Crippen molar-refractivity contribution >= 4 is 40.1 Å². The molecule has 10 rings (SSSR count). The summed E-state index contributed by atoms with van der Waals surface area (Å²) in [4.78, 5) is 55.5. The fourth-order valence-electron chi connectivity index (χ4n) is 11.5. The third kappa shape index (κ3) is 2.99. The van der Waals surface area contributed by atoms with Gasteiger partial charge in [0, 0.05) is 43.1 Å². The molecule has 0 radical (unpaired) electrons. The number of imide groups is 1. The summed E-state index contributed by atoms with van der Waals surface area (Å²) in [6.07, 6.45) is 8.41. The van der Waals surface area contributed by atoms with E-state index in [2.05, 4.69) is 34.9 Å². The minimum atomic E-state index is -0.694. The highest BCUT2D eigenvalue weighted by Gasteiger charge is 2.92. The van der Waals surface area contributed by atoms with Crippen LogP contribution in [0.1, 0.15) is 67.4 Å². The van der Waals surface area contributed by atoms with Gasteiger partial charge in [-0.3, -0.25) is 34.1 Å². The number of likely N-dealkylation sites (tertiary alicyclic amines) is 1. The lowest BCUT2D eigenvalue weighted by Crippen LogP contribution is -2.93. The van der Waals surface area contributed by atoms with Gasteiger partial charge in [0.05, 0.1) is 22.8 Å². The molecule has 6 fully saturated rings. The first-order valence-electron chi connectivity index (χ1n) is 16.8. The lowest BCUT2D eigenvalue weighted by atomic mass is 9.11. The number of carbonyl (C=O) groups is 4. The second-order valence-corrected chi connectivity index (χ2v) is 15.3. The van der Waals surface area contributed by atoms with Crippen molar-refractivity contribution in [2.75, 3.05) is 18.0 Å². The summed E-state index contributed by atoms with van der Waals surface area (Å²) in [6, 6.07) is 9.06. The highest BCUT2D eigenvalue weighted by molar-refractivity contribution is 6.27. The number of piperidine rings is 2. The molecule has 4 amide bonds. The van der Waals surface area contributed by atoms with Gasteiger partial charge >= 0.3 is 0 Å². The molecular formula is C36H37N5O4. The van der Waals surface area contributed by atoms with Crippen molar-refractivity contribution < 1.29 is 19.2 Å². The predicted octanol–water partition coefficient (Wildman–Crippen LogP) is 3.88. The molecule has 2 saturated heterocycles. The number of hydrogen-bond donors (Lipinski definition) is 1. The molecule has 4 saturated carbocycles. The Balaban J connectivity index is 0.864. The standard InChI is InChI=1S/C36H37N5O4/c1-18-28-23-15-24-29(18)31(28)36(23,24)34(45)39-12-10-35(2,11-13-39)40-17-19(16-37-40)14-20-6-7-25-30-21(20)4-3-5-22(30)33(44)41(25)26-8-9-27(42)38-32(26)43/h3-7,16-18,23-24,26,28-29,31H,8-15H2,1-2H3,(H,38,42,43). The van der Waals surface area contributed by atoms with Crippen LogP contribution in [0, 0.1) is 40.9 Å². The molecule has 1 N–H and O–H groups in total. The topological polar surface area (TPSA) is 105 Å². The van der Waals surface area contributed by atoms with Gasteiger partial charge in [-0.1, -0.05) is 25.1 Å². The van der Waals surface area contributed by atoms with Crippen LogP contribution in [-0.2, 0) is 26.3 Å². The van der Waals surface area contributed by atoms with Crippen molar-refractivity contribution in [3.63, 3.8) is 0 Å². The summed E-state index contributed by atoms with van der Waals surface area (Å²) in [6.45, 7) is 6.28. The van der Waals surface area contributed by atoms with E-state index in [1.165, 1.54) is 6.42 Å². The molecule has 0 bridgehead atoms. The summed E-state index contributed by atoms with van der Waals surface area (Å²) in [5.74, 6) is 4.14. The first-order valence-corrected chi connectivity index (χ1v) is 16.8. The van der Waals surface area contributed by atoms with Gasteiger partial charge in [-0.05, 0) is 96.8 Å². The van der Waals surface area contributed by atoms with Crippen molar-refractivity contribution in [3.05, 3.63) is 59.4 Å². The molecule has 9 nitrogen and oxygen atoms in total. The molecule has 3 aliphatic heterocycles. The van der Waals surface area contributed by atoms with Gasteiger partial charge < -0.3 is 4.90 Å². The van der Waals surface area contributed by atoms with Crippen molar-refractivity contribution in [1.82, 2.24) is 20.0 Å². The third-order valence-electron chi connectivity index (χ3n) is 13.7. The van der Waals surface area contributed by atoms with Gasteiger partial charge in [-0.15, -0.1) is 0 Å². The molecule has 0 spiro atoms. The Morgan fingerprint density at radius 1 is 1.07 bits per heavy atom. The predicted molar refractivity (Wildman–Crippen MR) is 165 cm³/mol. The van der Waals surface area contributed by atoms with Gasteiger partial charge in [0.25, 0.3) is 5.91 Å². The van der Waals surface area contributed by atoms with Crippen molar-refractivity contribution in [1.29, 1.82) is 0 Å². The number of hydrogen-bond acceptors (Lipinski definition) is 5. The number of amides is 4. The second kappa shape index (κ2) is 8.42. The van der Waals surface area contributed by atoms with Crippen molar-refractivity contribution in [3.8, 4) is 0 Å². The molecule has 9 heteroatoms. The van der Waals surface area contributed by atoms with Crippen LogP contribution in [0.25, 0.3) is 10.8 Å². The third-order valence-corrected chi connectivity index (χ3v) is 13.7. The number of fused-ring (bicyclic) bond motifs is 2. The lowest BCUT2D eigenvalue weighted by Gasteiger charge is -2.92. The van der Waals surface area contributed by atoms with Gasteiger partial charge in [0.1, 0.15) is 6.04 Å². The maximum absolute atomic E-state index is 13.8. The van der Waals surface area contributed by atoms with E-state index in [4.69, 9.17) is 5.10 Å². The number of aromatic nitrogens is 2. The first kappa shape index (κ1) is 26.2. The molecule has 4 heterocycles. The van der Waals surface area contributed by atoms with Crippen LogP contribution in [0.2, 0.25) is 0 Å². The number of anilines is 1. The Kier molecular flexibility index (Phi) is 4.91. The Morgan fingerprint density at radius 3 is 2.58 bits per heavy atom. The SMILES string of the molecule is CC1C2C3CC4C1C2C34C(=O)N1CCC(C)(n2cc(Cc3ccc4c5c(cccc35)C(=O)N4C3CCC(=O)NC3=O)cn2)CC1. The molecule has 5 unspecified atom stereocenters. The molecule has 5 atom stereocenters. The van der Waals surface area contributed by atoms with Gasteiger partial charge in [-0.2, -0.15) is 5.10 Å². The molecule has 3 aromatic rings. The van der Waals surface area contributed by atoms with E-state index in [1.54, 1.807) is 4.90 Å². The molecule has 4 aliphatic carbocycles. The van der Waals surface area contributed by atoms with Crippen LogP contribution in [0.3, 0.4) is 0 Å². The van der Waals surface area contributed by atoms with Crippen LogP contribution in [0.5, 0.6) is 0 Å². The van der Waals surface area contributed by atoms with E-state index in [1.807, 2.05) is 36.5 Å². The Hall–Kier alpha value is -4.01. The lowest BCUT2D eigenvalue weighted by molar-refractivity contribution is -0.446. The number of carbonyl (C=O) groups excluding carboxylic acids is 4. The minimum absolute atomic E-state index is 0.0393. The smallest absolute Gasteiger partial charge is 0.259 e. The molecular weight excluding hydrogens is 566 g/mol. The average molecular weight is 604 g/mol. The van der Waals surface area contributed by atoms with Gasteiger partial charge in [0.15, 0.2) is 0 Å². The molecule has 45 heavy (non-hydrogen) atoms. The summed E-state index contributed by atoms with van der Waals surface area (Å²) >= 11 is 0. The van der Waals surface area contributed by atoms with E-state index in [0.717, 1.165) is 71.3 Å². The van der Waals surface area contributed by atoms with Crippen LogP contribution in [-0.4, -0.2) is 57.4 Å². The van der Waals surface area contributed by atoms with Crippen LogP contribution >= 0.6 is 0 Å². The highest BCUT2D eigenvalue weighted by atomic mass is 16.2. The molecule has 7 aliphatic rings. The fourth-order valence-corrected chi connectivity index (χ4v) is 11.5. The summed E-state index contributed by atoms with van der Waals surface area (Å²) in [5.41, 5.74) is 3.42. The fraction of sp³-hybridized carbons (Fsp3) is 0.528. The highest BCUT2D eigenvalue weighted by Crippen LogP contribution is 2.92. The molecule has 2 aromatic carbocycles. The molecule has 230 valence electrons. The summed E-state index contributed by atoms with van der Waals surface area (Å²) in [7, 11) is 0. The average Bonchev–Trinajstić information content (AvgIpc) is 3.62. The second-order valence-electron chi connectivity index (χ2n) is 15.3. The normalized spacial score (nSPS) is 36.5. The van der Waals surface area contributed by atoms with E-state index in [0.29, 0.717) is 42.1 Å². The van der Waals surface area contributed by atoms with Crippen LogP contribution in [0.15, 0.2) is 42.7 Å².